The number of benzene rings is 1. The van der Waals surface area contributed by atoms with Crippen molar-refractivity contribution in [3.05, 3.63) is 29.8 Å². The first kappa shape index (κ1) is 22.0. The minimum Gasteiger partial charge on any atom is -0.497 e. The number of hydrogen-bond acceptors (Lipinski definition) is 3. The molecule has 1 heterocycles. The van der Waals surface area contributed by atoms with E-state index in [0.717, 1.165) is 31.2 Å². The summed E-state index contributed by atoms with van der Waals surface area (Å²) in [4.78, 5) is 6.93. The van der Waals surface area contributed by atoms with Gasteiger partial charge in [0.2, 0.25) is 0 Å². The lowest BCUT2D eigenvalue weighted by molar-refractivity contribution is 0.236. The molecule has 0 amide bonds. The monoisotopic (exact) mass is 460 g/mol. The maximum Gasteiger partial charge on any atom is 0.191 e. The Labute approximate surface area is 169 Å². The van der Waals surface area contributed by atoms with E-state index in [4.69, 9.17) is 4.74 Å². The first-order chi connectivity index (χ1) is 11.8. The van der Waals surface area contributed by atoms with E-state index in [1.54, 1.807) is 7.11 Å². The molecule has 1 aliphatic heterocycles. The molecule has 1 atom stereocenters. The zero-order valence-corrected chi connectivity index (χ0v) is 18.1. The van der Waals surface area contributed by atoms with Gasteiger partial charge in [-0.05, 0) is 56.5 Å². The van der Waals surface area contributed by atoms with Gasteiger partial charge in [-0.25, -0.2) is 0 Å². The Morgan fingerprint density at radius 1 is 1.20 bits per heavy atom. The standard InChI is InChI=1S/C19H32N4O.HI/c1-4-17(23-13-5-6-14-23)15-22-19(20-2)21-12-11-16-7-9-18(24-3)10-8-16;/h7-10,17H,4-6,11-15H2,1-3H3,(H2,20,21,22);1H. The highest BCUT2D eigenvalue weighted by molar-refractivity contribution is 14.0. The molecule has 1 aromatic rings. The number of hydrogen-bond donors (Lipinski definition) is 2. The molecule has 2 N–H and O–H groups in total. The first-order valence-electron chi connectivity index (χ1n) is 9.08. The van der Waals surface area contributed by atoms with Crippen LogP contribution in [0.15, 0.2) is 29.3 Å². The van der Waals surface area contributed by atoms with Crippen molar-refractivity contribution in [2.75, 3.05) is 40.3 Å². The van der Waals surface area contributed by atoms with E-state index >= 15 is 0 Å². The molecule has 25 heavy (non-hydrogen) atoms. The highest BCUT2D eigenvalue weighted by Crippen LogP contribution is 2.13. The molecule has 1 unspecified atom stereocenters. The largest absolute Gasteiger partial charge is 0.497 e. The summed E-state index contributed by atoms with van der Waals surface area (Å²) >= 11 is 0. The third-order valence-electron chi connectivity index (χ3n) is 4.72. The molecule has 1 saturated heterocycles. The first-order valence-corrected chi connectivity index (χ1v) is 9.08. The third kappa shape index (κ3) is 7.40. The van der Waals surface area contributed by atoms with Gasteiger partial charge in [0, 0.05) is 26.2 Å². The molecule has 0 aromatic heterocycles. The van der Waals surface area contributed by atoms with Gasteiger partial charge in [0.25, 0.3) is 0 Å². The number of methoxy groups -OCH3 is 1. The lowest BCUT2D eigenvalue weighted by Crippen LogP contribution is -2.46. The Hall–Kier alpha value is -1.02. The zero-order chi connectivity index (χ0) is 17.2. The summed E-state index contributed by atoms with van der Waals surface area (Å²) in [6.45, 7) is 6.57. The predicted molar refractivity (Wildman–Crippen MR) is 116 cm³/mol. The molecule has 2 rings (SSSR count). The van der Waals surface area contributed by atoms with Crippen LogP contribution in [0.5, 0.6) is 5.75 Å². The Bertz CT molecular complexity index is 501. The molecule has 1 aliphatic rings. The van der Waals surface area contributed by atoms with Crippen LogP contribution < -0.4 is 15.4 Å². The lowest BCUT2D eigenvalue weighted by Gasteiger charge is -2.27. The van der Waals surface area contributed by atoms with Crippen LogP contribution in [0, 0.1) is 0 Å². The molecule has 0 aliphatic carbocycles. The lowest BCUT2D eigenvalue weighted by atomic mass is 10.1. The third-order valence-corrected chi connectivity index (χ3v) is 4.72. The smallest absolute Gasteiger partial charge is 0.191 e. The molecule has 0 radical (unpaired) electrons. The van der Waals surface area contributed by atoms with Crippen LogP contribution in [0.25, 0.3) is 0 Å². The average Bonchev–Trinajstić information content (AvgIpc) is 3.15. The molecular formula is C19H33IN4O. The maximum atomic E-state index is 5.19. The molecule has 142 valence electrons. The van der Waals surface area contributed by atoms with Gasteiger partial charge in [-0.1, -0.05) is 19.1 Å². The minimum absolute atomic E-state index is 0. The number of guanidine groups is 1. The highest BCUT2D eigenvalue weighted by atomic mass is 127. The van der Waals surface area contributed by atoms with Gasteiger partial charge in [-0.2, -0.15) is 0 Å². The fourth-order valence-electron chi connectivity index (χ4n) is 3.19. The van der Waals surface area contributed by atoms with E-state index < -0.39 is 0 Å². The number of aliphatic imine (C=N–C) groups is 1. The minimum atomic E-state index is 0. The van der Waals surface area contributed by atoms with Crippen LogP contribution in [0.1, 0.15) is 31.7 Å². The Morgan fingerprint density at radius 3 is 2.44 bits per heavy atom. The number of nitrogens with one attached hydrogen (secondary N) is 2. The topological polar surface area (TPSA) is 48.9 Å². The Kier molecular flexibility index (Phi) is 10.9. The van der Waals surface area contributed by atoms with Crippen molar-refractivity contribution < 1.29 is 4.74 Å². The van der Waals surface area contributed by atoms with Crippen LogP contribution in [0.2, 0.25) is 0 Å². The van der Waals surface area contributed by atoms with Crippen molar-refractivity contribution in [3.63, 3.8) is 0 Å². The Morgan fingerprint density at radius 2 is 1.88 bits per heavy atom. The fraction of sp³-hybridized carbons (Fsp3) is 0.632. The summed E-state index contributed by atoms with van der Waals surface area (Å²) < 4.78 is 5.19. The van der Waals surface area contributed by atoms with E-state index in [1.807, 2.05) is 19.2 Å². The van der Waals surface area contributed by atoms with Gasteiger partial charge in [-0.3, -0.25) is 9.89 Å². The Balaban J connectivity index is 0.00000312. The number of likely N-dealkylation sites (tertiary alicyclic amines) is 1. The molecule has 0 spiro atoms. The summed E-state index contributed by atoms with van der Waals surface area (Å²) in [6, 6.07) is 8.83. The zero-order valence-electron chi connectivity index (χ0n) is 15.8. The van der Waals surface area contributed by atoms with Gasteiger partial charge in [-0.15, -0.1) is 24.0 Å². The second-order valence-electron chi connectivity index (χ2n) is 6.28. The van der Waals surface area contributed by atoms with Crippen molar-refractivity contribution in [3.8, 4) is 5.75 Å². The number of ether oxygens (including phenoxy) is 1. The number of halogens is 1. The van der Waals surface area contributed by atoms with Crippen molar-refractivity contribution in [1.82, 2.24) is 15.5 Å². The molecule has 1 aromatic carbocycles. The van der Waals surface area contributed by atoms with E-state index in [0.29, 0.717) is 6.04 Å². The van der Waals surface area contributed by atoms with Crippen molar-refractivity contribution in [2.24, 2.45) is 4.99 Å². The molecule has 6 heteroatoms. The van der Waals surface area contributed by atoms with Crippen LogP contribution in [0.4, 0.5) is 0 Å². The van der Waals surface area contributed by atoms with E-state index in [-0.39, 0.29) is 24.0 Å². The van der Waals surface area contributed by atoms with Gasteiger partial charge in [0.15, 0.2) is 5.96 Å². The van der Waals surface area contributed by atoms with Gasteiger partial charge < -0.3 is 15.4 Å². The second kappa shape index (κ2) is 12.4. The molecular weight excluding hydrogens is 427 g/mol. The normalized spacial score (nSPS) is 16.2. The summed E-state index contributed by atoms with van der Waals surface area (Å²) in [5.74, 6) is 1.79. The van der Waals surface area contributed by atoms with E-state index in [1.165, 1.54) is 37.9 Å². The van der Waals surface area contributed by atoms with E-state index in [2.05, 4.69) is 39.6 Å². The average molecular weight is 460 g/mol. The summed E-state index contributed by atoms with van der Waals surface area (Å²) in [5.41, 5.74) is 1.29. The molecule has 1 fully saturated rings. The van der Waals surface area contributed by atoms with Crippen molar-refractivity contribution >= 4 is 29.9 Å². The number of nitrogens with zero attached hydrogens (tertiary/aromatic N) is 2. The van der Waals surface area contributed by atoms with Crippen LogP contribution in [-0.4, -0.2) is 57.2 Å². The van der Waals surface area contributed by atoms with E-state index in [9.17, 15) is 0 Å². The molecule has 5 nitrogen and oxygen atoms in total. The SMILES string of the molecule is CCC(CNC(=NC)NCCc1ccc(OC)cc1)N1CCCC1.I. The number of rotatable bonds is 8. The predicted octanol–water partition coefficient (Wildman–Crippen LogP) is 2.90. The molecule has 0 bridgehead atoms. The summed E-state index contributed by atoms with van der Waals surface area (Å²) in [7, 11) is 3.53. The summed E-state index contributed by atoms with van der Waals surface area (Å²) in [5, 5.41) is 6.88. The van der Waals surface area contributed by atoms with Gasteiger partial charge in [0.05, 0.1) is 7.11 Å². The van der Waals surface area contributed by atoms with Crippen LogP contribution >= 0.6 is 24.0 Å². The van der Waals surface area contributed by atoms with Crippen molar-refractivity contribution in [1.29, 1.82) is 0 Å². The van der Waals surface area contributed by atoms with Gasteiger partial charge in [0.1, 0.15) is 5.75 Å². The fourth-order valence-corrected chi connectivity index (χ4v) is 3.19. The van der Waals surface area contributed by atoms with Crippen LogP contribution in [-0.2, 0) is 6.42 Å². The summed E-state index contributed by atoms with van der Waals surface area (Å²) in [6.07, 6.45) is 4.82. The second-order valence-corrected chi connectivity index (χ2v) is 6.28. The van der Waals surface area contributed by atoms with Crippen molar-refractivity contribution in [2.45, 2.75) is 38.6 Å². The van der Waals surface area contributed by atoms with Gasteiger partial charge >= 0.3 is 0 Å². The quantitative estimate of drug-likeness (QED) is 0.356. The maximum absolute atomic E-state index is 5.19. The highest BCUT2D eigenvalue weighted by Gasteiger charge is 2.20. The molecule has 0 saturated carbocycles. The van der Waals surface area contributed by atoms with Crippen LogP contribution in [0.3, 0.4) is 0 Å².